The summed E-state index contributed by atoms with van der Waals surface area (Å²) < 4.78 is 0. The fourth-order valence-corrected chi connectivity index (χ4v) is 2.50. The smallest absolute Gasteiger partial charge is 0.122 e. The lowest BCUT2D eigenvalue weighted by Crippen LogP contribution is -1.95. The molecule has 0 spiro atoms. The Hall–Kier alpha value is -2.36. The largest absolute Gasteiger partial charge is 0.508 e. The van der Waals surface area contributed by atoms with Crippen molar-refractivity contribution in [1.29, 1.82) is 0 Å². The van der Waals surface area contributed by atoms with E-state index in [1.165, 1.54) is 24.3 Å². The van der Waals surface area contributed by atoms with E-state index in [4.69, 9.17) is 0 Å². The summed E-state index contributed by atoms with van der Waals surface area (Å²) in [6.45, 7) is 3.78. The summed E-state index contributed by atoms with van der Waals surface area (Å²) in [7, 11) is 0. The molecule has 0 atom stereocenters. The maximum Gasteiger partial charge on any atom is 0.122 e. The lowest BCUT2D eigenvalue weighted by atomic mass is 9.97. The van der Waals surface area contributed by atoms with Crippen molar-refractivity contribution in [1.82, 2.24) is 0 Å². The van der Waals surface area contributed by atoms with Crippen molar-refractivity contribution in [3.8, 4) is 23.0 Å². The first-order chi connectivity index (χ1) is 9.96. The van der Waals surface area contributed by atoms with Crippen LogP contribution in [0.1, 0.15) is 36.1 Å². The topological polar surface area (TPSA) is 80.9 Å². The molecule has 0 aliphatic heterocycles. The minimum Gasteiger partial charge on any atom is -0.508 e. The first kappa shape index (κ1) is 15.0. The van der Waals surface area contributed by atoms with Crippen molar-refractivity contribution in [2.45, 2.75) is 33.1 Å². The molecular formula is C17H20O4. The Morgan fingerprint density at radius 2 is 0.952 bits per heavy atom. The summed E-state index contributed by atoms with van der Waals surface area (Å²) in [6, 6.07) is 6.00. The van der Waals surface area contributed by atoms with Crippen LogP contribution < -0.4 is 0 Å². The summed E-state index contributed by atoms with van der Waals surface area (Å²) in [5.74, 6) is 0.400. The molecule has 2 rings (SSSR count). The molecule has 0 bridgehead atoms. The van der Waals surface area contributed by atoms with Crippen LogP contribution in [0.15, 0.2) is 24.3 Å². The van der Waals surface area contributed by atoms with Gasteiger partial charge in [-0.2, -0.15) is 0 Å². The summed E-state index contributed by atoms with van der Waals surface area (Å²) in [6.07, 6.45) is 1.43. The lowest BCUT2D eigenvalue weighted by Gasteiger charge is -2.13. The van der Waals surface area contributed by atoms with Crippen LogP contribution in [-0.2, 0) is 19.3 Å². The number of phenolic OH excluding ortho intramolecular Hbond substituents is 4. The van der Waals surface area contributed by atoms with Crippen molar-refractivity contribution in [3.05, 3.63) is 46.5 Å². The highest BCUT2D eigenvalue weighted by Crippen LogP contribution is 2.34. The van der Waals surface area contributed by atoms with Gasteiger partial charge in [-0.05, 0) is 48.2 Å². The second-order valence-electron chi connectivity index (χ2n) is 5.11. The first-order valence-electron chi connectivity index (χ1n) is 7.03. The van der Waals surface area contributed by atoms with Crippen LogP contribution in [0.2, 0.25) is 0 Å². The molecular weight excluding hydrogens is 268 g/mol. The van der Waals surface area contributed by atoms with E-state index < -0.39 is 0 Å². The molecule has 0 radical (unpaired) electrons. The molecule has 0 aliphatic carbocycles. The zero-order chi connectivity index (χ0) is 15.6. The van der Waals surface area contributed by atoms with Gasteiger partial charge in [-0.3, -0.25) is 0 Å². The molecule has 0 saturated carbocycles. The number of phenols is 4. The number of hydrogen-bond acceptors (Lipinski definition) is 4. The van der Waals surface area contributed by atoms with E-state index in [9.17, 15) is 20.4 Å². The van der Waals surface area contributed by atoms with Crippen LogP contribution in [0.5, 0.6) is 23.0 Å². The Bertz CT molecular complexity index is 605. The van der Waals surface area contributed by atoms with Crippen LogP contribution in [0.25, 0.3) is 0 Å². The predicted octanol–water partition coefficient (Wildman–Crippen LogP) is 3.22. The monoisotopic (exact) mass is 288 g/mol. The Labute approximate surface area is 123 Å². The van der Waals surface area contributed by atoms with Crippen molar-refractivity contribution in [2.24, 2.45) is 0 Å². The van der Waals surface area contributed by atoms with Gasteiger partial charge in [0.25, 0.3) is 0 Å². The molecule has 21 heavy (non-hydrogen) atoms. The molecule has 0 fully saturated rings. The number of benzene rings is 2. The third-order valence-electron chi connectivity index (χ3n) is 3.65. The molecule has 112 valence electrons. The maximum atomic E-state index is 10.2. The predicted molar refractivity (Wildman–Crippen MR) is 81.1 cm³/mol. The fourth-order valence-electron chi connectivity index (χ4n) is 2.50. The lowest BCUT2D eigenvalue weighted by molar-refractivity contribution is 0.443. The standard InChI is InChI=1S/C17H20O4/c1-3-10-6-14(18)8-12(16(10)20)5-13-9-15(19)7-11(4-2)17(13)21/h6-9,18-21H,3-5H2,1-2H3. The Balaban J connectivity index is 2.48. The Kier molecular flexibility index (Phi) is 4.26. The SMILES string of the molecule is CCc1cc(O)cc(Cc2cc(O)cc(CC)c2O)c1O. The molecule has 0 aliphatic rings. The highest BCUT2D eigenvalue weighted by molar-refractivity contribution is 5.52. The normalized spacial score (nSPS) is 10.8. The Morgan fingerprint density at radius 3 is 1.29 bits per heavy atom. The minimum atomic E-state index is 0.0787. The molecule has 4 heteroatoms. The van der Waals surface area contributed by atoms with Crippen LogP contribution in [0.3, 0.4) is 0 Å². The van der Waals surface area contributed by atoms with Gasteiger partial charge in [0.1, 0.15) is 23.0 Å². The quantitative estimate of drug-likeness (QED) is 0.651. The van der Waals surface area contributed by atoms with Gasteiger partial charge in [0, 0.05) is 17.5 Å². The second kappa shape index (κ2) is 5.95. The van der Waals surface area contributed by atoms with E-state index in [0.29, 0.717) is 35.1 Å². The van der Waals surface area contributed by atoms with Gasteiger partial charge in [-0.1, -0.05) is 13.8 Å². The highest BCUT2D eigenvalue weighted by Gasteiger charge is 2.14. The molecule has 4 nitrogen and oxygen atoms in total. The summed E-state index contributed by atoms with van der Waals surface area (Å²) in [5, 5.41) is 39.9. The van der Waals surface area contributed by atoms with Gasteiger partial charge < -0.3 is 20.4 Å². The third kappa shape index (κ3) is 3.05. The zero-order valence-corrected chi connectivity index (χ0v) is 12.2. The number of rotatable bonds is 4. The third-order valence-corrected chi connectivity index (χ3v) is 3.65. The van der Waals surface area contributed by atoms with Gasteiger partial charge in [0.2, 0.25) is 0 Å². The van der Waals surface area contributed by atoms with Crippen LogP contribution in [0, 0.1) is 0 Å². The number of aromatic hydroxyl groups is 4. The number of hydrogen-bond donors (Lipinski definition) is 4. The van der Waals surface area contributed by atoms with Gasteiger partial charge >= 0.3 is 0 Å². The highest BCUT2D eigenvalue weighted by atomic mass is 16.3. The van der Waals surface area contributed by atoms with Gasteiger partial charge in [-0.25, -0.2) is 0 Å². The number of aryl methyl sites for hydroxylation is 2. The molecule has 0 unspecified atom stereocenters. The van der Waals surface area contributed by atoms with Gasteiger partial charge in [0.05, 0.1) is 0 Å². The van der Waals surface area contributed by atoms with E-state index >= 15 is 0 Å². The fraction of sp³-hybridized carbons (Fsp3) is 0.294. The van der Waals surface area contributed by atoms with Crippen molar-refractivity contribution in [2.75, 3.05) is 0 Å². The minimum absolute atomic E-state index is 0.0787. The molecule has 0 amide bonds. The van der Waals surface area contributed by atoms with E-state index in [1.807, 2.05) is 13.8 Å². The Morgan fingerprint density at radius 1 is 0.619 bits per heavy atom. The molecule has 2 aromatic carbocycles. The average Bonchev–Trinajstić information content (AvgIpc) is 2.45. The van der Waals surface area contributed by atoms with E-state index in [1.54, 1.807) is 0 Å². The molecule has 2 aromatic rings. The van der Waals surface area contributed by atoms with Gasteiger partial charge in [0.15, 0.2) is 0 Å². The van der Waals surface area contributed by atoms with Gasteiger partial charge in [-0.15, -0.1) is 0 Å². The van der Waals surface area contributed by atoms with E-state index in [0.717, 1.165) is 0 Å². The summed E-state index contributed by atoms with van der Waals surface area (Å²) >= 11 is 0. The van der Waals surface area contributed by atoms with Crippen molar-refractivity contribution >= 4 is 0 Å². The van der Waals surface area contributed by atoms with Crippen molar-refractivity contribution < 1.29 is 20.4 Å². The average molecular weight is 288 g/mol. The second-order valence-corrected chi connectivity index (χ2v) is 5.11. The molecule has 0 aromatic heterocycles. The van der Waals surface area contributed by atoms with Crippen molar-refractivity contribution in [3.63, 3.8) is 0 Å². The maximum absolute atomic E-state index is 10.2. The molecule has 0 saturated heterocycles. The van der Waals surface area contributed by atoms with E-state index in [-0.39, 0.29) is 29.4 Å². The summed E-state index contributed by atoms with van der Waals surface area (Å²) in [5.41, 5.74) is 2.35. The molecule has 4 N–H and O–H groups in total. The zero-order valence-electron chi connectivity index (χ0n) is 12.2. The van der Waals surface area contributed by atoms with E-state index in [2.05, 4.69) is 0 Å². The van der Waals surface area contributed by atoms with Crippen LogP contribution in [-0.4, -0.2) is 20.4 Å². The summed E-state index contributed by atoms with van der Waals surface area (Å²) in [4.78, 5) is 0. The van der Waals surface area contributed by atoms with Crippen LogP contribution >= 0.6 is 0 Å². The molecule has 0 heterocycles. The first-order valence-corrected chi connectivity index (χ1v) is 7.03. The van der Waals surface area contributed by atoms with Crippen LogP contribution in [0.4, 0.5) is 0 Å².